The third kappa shape index (κ3) is 4.23. The minimum absolute atomic E-state index is 0.00566. The highest BCUT2D eigenvalue weighted by Gasteiger charge is 2.59. The van der Waals surface area contributed by atoms with Crippen molar-refractivity contribution in [1.29, 1.82) is 0 Å². The van der Waals surface area contributed by atoms with Crippen LogP contribution in [0.4, 0.5) is 23.7 Å². The van der Waals surface area contributed by atoms with Gasteiger partial charge in [0.25, 0.3) is 0 Å². The van der Waals surface area contributed by atoms with E-state index in [0.29, 0.717) is 24.4 Å². The smallest absolute Gasteiger partial charge is 0.416 e. The van der Waals surface area contributed by atoms with Crippen molar-refractivity contribution in [3.8, 4) is 0 Å². The molecule has 2 amide bonds. The Morgan fingerprint density at radius 1 is 1.09 bits per heavy atom. The number of hydrogen-bond donors (Lipinski definition) is 2. The first-order valence-electron chi connectivity index (χ1n) is 12.6. The van der Waals surface area contributed by atoms with Gasteiger partial charge < -0.3 is 10.1 Å². The predicted molar refractivity (Wildman–Crippen MR) is 125 cm³/mol. The lowest BCUT2D eigenvalue weighted by Crippen LogP contribution is -2.59. The first-order valence-corrected chi connectivity index (χ1v) is 12.6. The normalized spacial score (nSPS) is 38.1. The summed E-state index contributed by atoms with van der Waals surface area (Å²) >= 11 is 0. The minimum Gasteiger partial charge on any atom is -0.449 e. The zero-order valence-electron chi connectivity index (χ0n) is 20.2. The molecule has 3 aliphatic carbocycles. The van der Waals surface area contributed by atoms with E-state index in [1.807, 2.05) is 0 Å². The van der Waals surface area contributed by atoms with Gasteiger partial charge >= 0.3 is 12.3 Å². The number of fused-ring (bicyclic) bond motifs is 5. The zero-order valence-corrected chi connectivity index (χ0v) is 20.2. The van der Waals surface area contributed by atoms with Crippen molar-refractivity contribution >= 4 is 17.7 Å². The largest absolute Gasteiger partial charge is 0.449 e. The first kappa shape index (κ1) is 24.2. The van der Waals surface area contributed by atoms with E-state index in [1.165, 1.54) is 12.1 Å². The average molecular weight is 491 g/mol. The molecule has 3 saturated carbocycles. The van der Waals surface area contributed by atoms with Gasteiger partial charge in [0.15, 0.2) is 0 Å². The van der Waals surface area contributed by atoms with Crippen LogP contribution in [0.25, 0.3) is 0 Å². The van der Waals surface area contributed by atoms with E-state index in [2.05, 4.69) is 30.6 Å². The topological polar surface area (TPSA) is 67.4 Å². The summed E-state index contributed by atoms with van der Waals surface area (Å²) in [5, 5.41) is 5.73. The number of rotatable bonds is 3. The lowest BCUT2D eigenvalue weighted by Gasteiger charge is -2.58. The Morgan fingerprint density at radius 3 is 2.54 bits per heavy atom. The molecule has 4 aliphatic rings. The SMILES string of the molecule is C[C@]12C=CC(=O)NC1CCC1C2CC[C@@]2(C)C1CC[C@@H]2COC(=O)Nc1ccc(C(F)(F)F)cc1. The van der Waals surface area contributed by atoms with Crippen molar-refractivity contribution in [2.75, 3.05) is 11.9 Å². The highest BCUT2D eigenvalue weighted by atomic mass is 19.4. The van der Waals surface area contributed by atoms with Crippen LogP contribution >= 0.6 is 0 Å². The number of amides is 2. The number of ether oxygens (including phenoxy) is 1. The quantitative estimate of drug-likeness (QED) is 0.533. The molecule has 35 heavy (non-hydrogen) atoms. The maximum atomic E-state index is 12.7. The molecular weight excluding hydrogens is 457 g/mol. The maximum Gasteiger partial charge on any atom is 0.416 e. The molecule has 190 valence electrons. The Hall–Kier alpha value is -2.51. The number of halogens is 3. The Morgan fingerprint density at radius 2 is 1.83 bits per heavy atom. The van der Waals surface area contributed by atoms with E-state index >= 15 is 0 Å². The molecule has 0 aromatic heterocycles. The molecule has 3 fully saturated rings. The van der Waals surface area contributed by atoms with Crippen molar-refractivity contribution in [1.82, 2.24) is 5.32 Å². The number of alkyl halides is 3. The van der Waals surface area contributed by atoms with Gasteiger partial charge in [0.05, 0.1) is 12.2 Å². The second kappa shape index (κ2) is 8.56. The fourth-order valence-electron chi connectivity index (χ4n) is 7.79. The van der Waals surface area contributed by atoms with Gasteiger partial charge in [-0.2, -0.15) is 13.2 Å². The molecule has 1 aromatic carbocycles. The Balaban J connectivity index is 1.20. The first-order chi connectivity index (χ1) is 16.5. The van der Waals surface area contributed by atoms with Crippen LogP contribution in [-0.2, 0) is 15.7 Å². The van der Waals surface area contributed by atoms with Crippen LogP contribution in [0.5, 0.6) is 0 Å². The average Bonchev–Trinajstić information content (AvgIpc) is 3.14. The molecule has 5 nitrogen and oxygen atoms in total. The van der Waals surface area contributed by atoms with Gasteiger partial charge in [-0.3, -0.25) is 10.1 Å². The molecule has 1 heterocycles. The molecule has 1 aliphatic heterocycles. The molecule has 7 atom stereocenters. The van der Waals surface area contributed by atoms with Crippen LogP contribution in [0.2, 0.25) is 0 Å². The number of nitrogens with one attached hydrogen (secondary N) is 2. The summed E-state index contributed by atoms with van der Waals surface area (Å²) < 4.78 is 43.8. The number of anilines is 1. The van der Waals surface area contributed by atoms with Crippen molar-refractivity contribution in [3.05, 3.63) is 42.0 Å². The number of carbonyl (C=O) groups excluding carboxylic acids is 2. The zero-order chi connectivity index (χ0) is 25.0. The molecule has 0 radical (unpaired) electrons. The van der Waals surface area contributed by atoms with Gasteiger partial charge in [0.2, 0.25) is 5.91 Å². The van der Waals surface area contributed by atoms with Gasteiger partial charge in [-0.05, 0) is 98.0 Å². The molecule has 4 unspecified atom stereocenters. The molecule has 2 N–H and O–H groups in total. The van der Waals surface area contributed by atoms with Crippen molar-refractivity contribution in [3.63, 3.8) is 0 Å². The third-order valence-corrected chi connectivity index (χ3v) is 9.76. The minimum atomic E-state index is -4.41. The van der Waals surface area contributed by atoms with Crippen LogP contribution in [0.3, 0.4) is 0 Å². The lowest BCUT2D eigenvalue weighted by atomic mass is 9.48. The van der Waals surface area contributed by atoms with Gasteiger partial charge in [-0.15, -0.1) is 0 Å². The summed E-state index contributed by atoms with van der Waals surface area (Å²) in [4.78, 5) is 24.3. The second-order valence-corrected chi connectivity index (χ2v) is 11.3. The second-order valence-electron chi connectivity index (χ2n) is 11.3. The fraction of sp³-hybridized carbons (Fsp3) is 0.630. The molecule has 5 rings (SSSR count). The van der Waals surface area contributed by atoms with Crippen LogP contribution in [-0.4, -0.2) is 24.6 Å². The summed E-state index contributed by atoms with van der Waals surface area (Å²) in [6, 6.07) is 4.56. The highest BCUT2D eigenvalue weighted by molar-refractivity contribution is 5.89. The van der Waals surface area contributed by atoms with Crippen LogP contribution in [0.15, 0.2) is 36.4 Å². The summed E-state index contributed by atoms with van der Waals surface area (Å²) in [7, 11) is 0. The summed E-state index contributed by atoms with van der Waals surface area (Å²) in [6.45, 7) is 4.95. The Kier molecular flexibility index (Phi) is 5.92. The van der Waals surface area contributed by atoms with Gasteiger partial charge in [-0.25, -0.2) is 4.79 Å². The van der Waals surface area contributed by atoms with Gasteiger partial charge in [0.1, 0.15) is 0 Å². The van der Waals surface area contributed by atoms with E-state index < -0.39 is 17.8 Å². The number of carbonyl (C=O) groups is 2. The van der Waals surface area contributed by atoms with Crippen LogP contribution in [0.1, 0.15) is 57.9 Å². The van der Waals surface area contributed by atoms with E-state index in [-0.39, 0.29) is 34.4 Å². The van der Waals surface area contributed by atoms with Crippen molar-refractivity contribution in [2.24, 2.45) is 34.5 Å². The Bertz CT molecular complexity index is 1020. The molecule has 0 spiro atoms. The van der Waals surface area contributed by atoms with Gasteiger partial charge in [-0.1, -0.05) is 19.9 Å². The van der Waals surface area contributed by atoms with Crippen LogP contribution < -0.4 is 10.6 Å². The number of hydrogen-bond acceptors (Lipinski definition) is 3. The summed E-state index contributed by atoms with van der Waals surface area (Å²) in [5.74, 6) is 1.98. The van der Waals surface area contributed by atoms with E-state index in [4.69, 9.17) is 4.74 Å². The van der Waals surface area contributed by atoms with Crippen molar-refractivity contribution < 1.29 is 27.5 Å². The van der Waals surface area contributed by atoms with Crippen molar-refractivity contribution in [2.45, 2.75) is 64.6 Å². The summed E-state index contributed by atoms with van der Waals surface area (Å²) in [5.41, 5.74) is -0.392. The predicted octanol–water partition coefficient (Wildman–Crippen LogP) is 6.17. The molecule has 1 aromatic rings. The lowest BCUT2D eigenvalue weighted by molar-refractivity contribution is -0.137. The monoisotopic (exact) mass is 490 g/mol. The molecule has 0 bridgehead atoms. The van der Waals surface area contributed by atoms with E-state index in [0.717, 1.165) is 50.7 Å². The molecule has 8 heteroatoms. The summed E-state index contributed by atoms with van der Waals surface area (Å²) in [6.07, 6.45) is 5.19. The number of benzene rings is 1. The molecule has 0 saturated heterocycles. The van der Waals surface area contributed by atoms with Gasteiger partial charge in [0, 0.05) is 17.1 Å². The van der Waals surface area contributed by atoms with Crippen LogP contribution in [0, 0.1) is 34.5 Å². The standard InChI is InChI=1S/C27H33F3N2O3/c1-25-13-11-21-19(8-10-22-26(21,2)14-12-23(33)32-22)20(25)9-5-17(25)15-35-24(34)31-18-6-3-16(4-7-18)27(28,29)30/h3-4,6-7,12,14,17,19-22H,5,8-11,13,15H2,1-2H3,(H,31,34)(H,32,33)/t17-,19?,20?,21?,22?,25-,26-/m1/s1. The maximum absolute atomic E-state index is 12.7. The molecular formula is C27H33F3N2O3. The van der Waals surface area contributed by atoms with E-state index in [9.17, 15) is 22.8 Å². The highest BCUT2D eigenvalue weighted by Crippen LogP contribution is 2.65. The fourth-order valence-corrected chi connectivity index (χ4v) is 7.79. The third-order valence-electron chi connectivity index (χ3n) is 9.76. The van der Waals surface area contributed by atoms with E-state index in [1.54, 1.807) is 6.08 Å². The Labute approximate surface area is 203 Å².